The molecule has 0 amide bonds. The Balaban J connectivity index is 1.10. The minimum absolute atomic E-state index is 0.136. The summed E-state index contributed by atoms with van der Waals surface area (Å²) in [5.74, 6) is 1.06. The Bertz CT molecular complexity index is 1180. The summed E-state index contributed by atoms with van der Waals surface area (Å²) in [7, 11) is 0. The SMILES string of the molecule is CC(C)(CCCCO[N+](=O)OCCCCC(C)(C)c1ccc([C@H]2CCC[C@@H](O)C2)c(O)c1)c1ccc([C@H]2CCC[C@@H](O)C2)c(O)c1. The van der Waals surface area contributed by atoms with Gasteiger partial charge < -0.3 is 20.4 Å². The van der Waals surface area contributed by atoms with Crippen LogP contribution in [0.1, 0.15) is 152 Å². The number of phenols is 2. The van der Waals surface area contributed by atoms with Gasteiger partial charge >= 0.3 is 5.09 Å². The van der Waals surface area contributed by atoms with Crippen LogP contribution >= 0.6 is 0 Å². The minimum Gasteiger partial charge on any atom is -0.508 e. The van der Waals surface area contributed by atoms with Gasteiger partial charge in [0.25, 0.3) is 0 Å². The maximum absolute atomic E-state index is 12.0. The van der Waals surface area contributed by atoms with Crippen LogP contribution in [0.25, 0.3) is 0 Å². The van der Waals surface area contributed by atoms with E-state index in [1.54, 1.807) is 0 Å². The van der Waals surface area contributed by atoms with Crippen molar-refractivity contribution in [2.24, 2.45) is 0 Å². The lowest BCUT2D eigenvalue weighted by Crippen LogP contribution is -2.20. The van der Waals surface area contributed by atoms with E-state index in [9.17, 15) is 25.3 Å². The van der Waals surface area contributed by atoms with Crippen LogP contribution in [-0.2, 0) is 20.5 Å². The van der Waals surface area contributed by atoms with Crippen LogP contribution in [0.15, 0.2) is 36.4 Å². The second kappa shape index (κ2) is 16.3. The van der Waals surface area contributed by atoms with Gasteiger partial charge in [0.1, 0.15) is 16.4 Å². The van der Waals surface area contributed by atoms with Gasteiger partial charge in [0, 0.05) is 0 Å². The molecule has 0 unspecified atom stereocenters. The lowest BCUT2D eigenvalue weighted by molar-refractivity contribution is -0.981. The third-order valence-corrected chi connectivity index (χ3v) is 10.6. The number of phenolic OH excluding ortho intramolecular Hbond substituents is 2. The van der Waals surface area contributed by atoms with Crippen molar-refractivity contribution in [3.8, 4) is 11.5 Å². The first-order chi connectivity index (χ1) is 21.9. The second-order valence-corrected chi connectivity index (χ2v) is 15.2. The number of nitrogens with zero attached hydrogens (tertiary/aromatic N) is 1. The number of aliphatic hydroxyl groups excluding tert-OH is 2. The van der Waals surface area contributed by atoms with Crippen LogP contribution in [0.3, 0.4) is 0 Å². The number of benzene rings is 2. The summed E-state index contributed by atoms with van der Waals surface area (Å²) in [5.41, 5.74) is 3.77. The molecule has 256 valence electrons. The topological polar surface area (TPSA) is 119 Å². The molecular formula is C38H58NO7+. The Labute approximate surface area is 275 Å². The first-order valence-electron chi connectivity index (χ1n) is 17.6. The van der Waals surface area contributed by atoms with Gasteiger partial charge in [-0.05, 0) is 134 Å². The maximum atomic E-state index is 12.0. The molecule has 0 heterocycles. The molecule has 2 aromatic carbocycles. The Morgan fingerprint density at radius 3 is 1.46 bits per heavy atom. The molecule has 8 heteroatoms. The fourth-order valence-corrected chi connectivity index (χ4v) is 7.45. The Kier molecular flexibility index (Phi) is 12.8. The van der Waals surface area contributed by atoms with Crippen LogP contribution < -0.4 is 0 Å². The van der Waals surface area contributed by atoms with Gasteiger partial charge in [0.15, 0.2) is 13.2 Å². The highest BCUT2D eigenvalue weighted by molar-refractivity contribution is 5.42. The molecule has 46 heavy (non-hydrogen) atoms. The summed E-state index contributed by atoms with van der Waals surface area (Å²) < 4.78 is 0. The first-order valence-corrected chi connectivity index (χ1v) is 17.6. The zero-order valence-corrected chi connectivity index (χ0v) is 28.5. The van der Waals surface area contributed by atoms with E-state index in [4.69, 9.17) is 9.68 Å². The molecule has 2 saturated carbocycles. The Morgan fingerprint density at radius 2 is 1.09 bits per heavy atom. The molecule has 4 N–H and O–H groups in total. The van der Waals surface area contributed by atoms with Crippen LogP contribution in [0.4, 0.5) is 0 Å². The predicted molar refractivity (Wildman–Crippen MR) is 180 cm³/mol. The van der Waals surface area contributed by atoms with E-state index in [1.807, 2.05) is 24.3 Å². The van der Waals surface area contributed by atoms with Crippen molar-refractivity contribution in [3.63, 3.8) is 0 Å². The van der Waals surface area contributed by atoms with E-state index < -0.39 is 0 Å². The van der Waals surface area contributed by atoms with Crippen molar-refractivity contribution in [2.45, 2.75) is 152 Å². The maximum Gasteiger partial charge on any atom is 0.477 e. The van der Waals surface area contributed by atoms with Gasteiger partial charge in [-0.3, -0.25) is 0 Å². The average molecular weight is 641 g/mol. The number of aliphatic hydroxyl groups is 2. The zero-order valence-electron chi connectivity index (χ0n) is 28.5. The lowest BCUT2D eigenvalue weighted by atomic mass is 9.77. The van der Waals surface area contributed by atoms with Crippen molar-refractivity contribution < 1.29 is 35.2 Å². The number of hydrogen-bond acceptors (Lipinski definition) is 7. The monoisotopic (exact) mass is 640 g/mol. The molecule has 2 aliphatic rings. The standard InChI is InChI=1S/C38H57NO7/c1-37(2,29-15-17-33(35(42)25-29)27-11-9-13-31(40)23-27)19-5-7-21-45-39(44)46-22-8-6-20-38(3,4)30-16-18-34(36(43)26-30)28-12-10-14-32(41)24-28/h15-18,25-28,31-32,40-41H,5-14,19-24H2,1-4H3,(H-,42,43)/p+1/t27-,28-,31+,32+/m0/s1. The fourth-order valence-electron chi connectivity index (χ4n) is 7.45. The quantitative estimate of drug-likeness (QED) is 0.107. The zero-order chi connectivity index (χ0) is 33.3. The van der Waals surface area contributed by atoms with E-state index in [2.05, 4.69) is 39.8 Å². The lowest BCUT2D eigenvalue weighted by Gasteiger charge is -2.29. The first kappa shape index (κ1) is 36.0. The van der Waals surface area contributed by atoms with Crippen molar-refractivity contribution in [3.05, 3.63) is 63.6 Å². The molecule has 0 saturated heterocycles. The molecular weight excluding hydrogens is 582 g/mol. The average Bonchev–Trinajstić information content (AvgIpc) is 3.00. The van der Waals surface area contributed by atoms with Gasteiger partial charge in [-0.25, -0.2) is 0 Å². The predicted octanol–water partition coefficient (Wildman–Crippen LogP) is 8.37. The third-order valence-electron chi connectivity index (χ3n) is 10.6. The van der Waals surface area contributed by atoms with E-state index in [0.29, 0.717) is 24.3 Å². The number of rotatable bonds is 16. The summed E-state index contributed by atoms with van der Waals surface area (Å²) in [6.07, 6.45) is 11.5. The van der Waals surface area contributed by atoms with Gasteiger partial charge in [0.2, 0.25) is 0 Å². The van der Waals surface area contributed by atoms with Crippen molar-refractivity contribution >= 4 is 0 Å². The molecule has 2 aromatic rings. The summed E-state index contributed by atoms with van der Waals surface area (Å²) in [4.78, 5) is 22.5. The Morgan fingerprint density at radius 1 is 0.674 bits per heavy atom. The normalized spacial score (nSPS) is 22.4. The highest BCUT2D eigenvalue weighted by Crippen LogP contribution is 2.41. The van der Waals surface area contributed by atoms with Crippen molar-refractivity contribution in [2.75, 3.05) is 13.2 Å². The fraction of sp³-hybridized carbons (Fsp3) is 0.684. The van der Waals surface area contributed by atoms with Gasteiger partial charge in [-0.1, -0.05) is 64.8 Å². The van der Waals surface area contributed by atoms with Gasteiger partial charge in [-0.15, -0.1) is 0 Å². The second-order valence-electron chi connectivity index (χ2n) is 15.2. The number of aromatic hydroxyl groups is 2. The van der Waals surface area contributed by atoms with E-state index in [0.717, 1.165) is 99.3 Å². The molecule has 8 nitrogen and oxygen atoms in total. The summed E-state index contributed by atoms with van der Waals surface area (Å²) >= 11 is 0. The molecule has 0 radical (unpaired) electrons. The highest BCUT2D eigenvalue weighted by atomic mass is 17.0. The third kappa shape index (κ3) is 10.1. The van der Waals surface area contributed by atoms with Crippen molar-refractivity contribution in [1.82, 2.24) is 0 Å². The van der Waals surface area contributed by atoms with E-state index in [1.165, 1.54) is 0 Å². The van der Waals surface area contributed by atoms with Crippen LogP contribution in [0.2, 0.25) is 0 Å². The van der Waals surface area contributed by atoms with Crippen LogP contribution in [0.5, 0.6) is 11.5 Å². The minimum atomic E-state index is -0.278. The highest BCUT2D eigenvalue weighted by Gasteiger charge is 2.28. The van der Waals surface area contributed by atoms with Crippen LogP contribution in [-0.4, -0.2) is 50.9 Å². The smallest absolute Gasteiger partial charge is 0.477 e. The molecule has 0 bridgehead atoms. The molecule has 0 spiro atoms. The number of hydrogen-bond donors (Lipinski definition) is 4. The van der Waals surface area contributed by atoms with E-state index in [-0.39, 0.29) is 53.2 Å². The molecule has 4 rings (SSSR count). The Hall–Kier alpha value is -2.84. The van der Waals surface area contributed by atoms with Gasteiger partial charge in [-0.2, -0.15) is 9.68 Å². The van der Waals surface area contributed by atoms with Crippen molar-refractivity contribution in [1.29, 1.82) is 0 Å². The summed E-state index contributed by atoms with van der Waals surface area (Å²) in [5, 5.41) is 41.8. The molecule has 0 aromatic heterocycles. The summed E-state index contributed by atoms with van der Waals surface area (Å²) in [6.45, 7) is 9.22. The molecule has 4 atom stereocenters. The van der Waals surface area contributed by atoms with Gasteiger partial charge in [0.05, 0.1) is 12.2 Å². The largest absolute Gasteiger partial charge is 0.508 e. The van der Waals surface area contributed by atoms with E-state index >= 15 is 0 Å². The number of unbranched alkanes of at least 4 members (excludes halogenated alkanes) is 2. The van der Waals surface area contributed by atoms with Crippen LogP contribution in [0, 0.1) is 4.91 Å². The molecule has 0 aliphatic heterocycles. The molecule has 2 aliphatic carbocycles. The molecule has 2 fully saturated rings. The summed E-state index contributed by atoms with van der Waals surface area (Å²) in [6, 6.07) is 12.0.